The number of hydrogen-bond acceptors (Lipinski definition) is 2. The van der Waals surface area contributed by atoms with E-state index in [-0.39, 0.29) is 30.9 Å². The van der Waals surface area contributed by atoms with Gasteiger partial charge in [-0.05, 0) is 37.1 Å². The van der Waals surface area contributed by atoms with E-state index >= 15 is 0 Å². The van der Waals surface area contributed by atoms with Crippen molar-refractivity contribution in [2.45, 2.75) is 25.4 Å². The van der Waals surface area contributed by atoms with Crippen molar-refractivity contribution >= 4 is 18.3 Å². The third-order valence-electron chi connectivity index (χ3n) is 2.83. The predicted molar refractivity (Wildman–Crippen MR) is 66.5 cm³/mol. The fourth-order valence-electron chi connectivity index (χ4n) is 1.87. The molecule has 0 saturated carbocycles. The van der Waals surface area contributed by atoms with Gasteiger partial charge in [0, 0.05) is 6.54 Å². The first-order valence-electron chi connectivity index (χ1n) is 5.62. The number of carbonyl (C=O) groups excluding carboxylic acids is 1. The van der Waals surface area contributed by atoms with E-state index in [1.807, 2.05) is 0 Å². The average Bonchev–Trinajstić information content (AvgIpc) is 2.84. The van der Waals surface area contributed by atoms with Gasteiger partial charge in [0.15, 0.2) is 11.6 Å². The van der Waals surface area contributed by atoms with Gasteiger partial charge in [0.25, 0.3) is 0 Å². The van der Waals surface area contributed by atoms with Crippen LogP contribution in [0.25, 0.3) is 0 Å². The topological polar surface area (TPSA) is 41.1 Å². The molecule has 1 heterocycles. The molecular weight excluding hydrogens is 262 g/mol. The van der Waals surface area contributed by atoms with Crippen LogP contribution in [0.1, 0.15) is 18.4 Å². The van der Waals surface area contributed by atoms with Crippen LogP contribution in [-0.2, 0) is 11.3 Å². The second kappa shape index (κ2) is 6.66. The molecule has 0 radical (unpaired) electrons. The Morgan fingerprint density at radius 3 is 2.78 bits per heavy atom. The van der Waals surface area contributed by atoms with E-state index in [4.69, 9.17) is 0 Å². The molecule has 6 heteroatoms. The number of benzene rings is 1. The molecule has 1 aliphatic rings. The second-order valence-corrected chi connectivity index (χ2v) is 4.12. The van der Waals surface area contributed by atoms with Gasteiger partial charge in [0.1, 0.15) is 0 Å². The molecule has 0 spiro atoms. The Bertz CT molecular complexity index is 423. The molecule has 1 aliphatic heterocycles. The van der Waals surface area contributed by atoms with Crippen molar-refractivity contribution in [3.05, 3.63) is 35.4 Å². The molecule has 0 unspecified atom stereocenters. The number of halogens is 3. The van der Waals surface area contributed by atoms with E-state index in [1.165, 1.54) is 6.07 Å². The van der Waals surface area contributed by atoms with E-state index < -0.39 is 11.6 Å². The third kappa shape index (κ3) is 3.65. The van der Waals surface area contributed by atoms with Crippen LogP contribution in [0.3, 0.4) is 0 Å². The molecule has 1 fully saturated rings. The van der Waals surface area contributed by atoms with E-state index in [2.05, 4.69) is 10.6 Å². The number of rotatable bonds is 3. The molecule has 2 N–H and O–H groups in total. The Labute approximate surface area is 110 Å². The lowest BCUT2D eigenvalue weighted by Gasteiger charge is -2.11. The smallest absolute Gasteiger partial charge is 0.237 e. The zero-order valence-corrected chi connectivity index (χ0v) is 10.5. The fraction of sp³-hybridized carbons (Fsp3) is 0.417. The highest BCUT2D eigenvalue weighted by molar-refractivity contribution is 5.85. The summed E-state index contributed by atoms with van der Waals surface area (Å²) in [7, 11) is 0. The van der Waals surface area contributed by atoms with Gasteiger partial charge in [0.05, 0.1) is 6.04 Å². The van der Waals surface area contributed by atoms with Gasteiger partial charge < -0.3 is 10.6 Å². The molecule has 0 aromatic heterocycles. The highest BCUT2D eigenvalue weighted by Crippen LogP contribution is 2.09. The Balaban J connectivity index is 0.00000162. The molecule has 100 valence electrons. The first kappa shape index (κ1) is 14.9. The van der Waals surface area contributed by atoms with Crippen molar-refractivity contribution in [1.29, 1.82) is 0 Å². The maximum absolute atomic E-state index is 12.9. The number of hydrogen-bond donors (Lipinski definition) is 2. The molecule has 18 heavy (non-hydrogen) atoms. The monoisotopic (exact) mass is 276 g/mol. The van der Waals surface area contributed by atoms with Gasteiger partial charge in [-0.25, -0.2) is 8.78 Å². The minimum absolute atomic E-state index is 0. The fourth-order valence-corrected chi connectivity index (χ4v) is 1.87. The quantitative estimate of drug-likeness (QED) is 0.883. The minimum atomic E-state index is -0.893. The molecular formula is C12H15ClF2N2O. The van der Waals surface area contributed by atoms with Gasteiger partial charge in [0.2, 0.25) is 5.91 Å². The lowest BCUT2D eigenvalue weighted by atomic mass is 10.2. The van der Waals surface area contributed by atoms with Crippen molar-refractivity contribution in [2.24, 2.45) is 0 Å². The van der Waals surface area contributed by atoms with Gasteiger partial charge >= 0.3 is 0 Å². The number of amides is 1. The molecule has 0 bridgehead atoms. The van der Waals surface area contributed by atoms with Crippen molar-refractivity contribution < 1.29 is 13.6 Å². The standard InChI is InChI=1S/C12H14F2N2O.ClH/c13-9-4-3-8(6-10(9)14)7-16-12(17)11-2-1-5-15-11;/h3-4,6,11,15H,1-2,5,7H2,(H,16,17);1H/t11-;/m0./s1. The molecule has 1 aromatic carbocycles. The van der Waals surface area contributed by atoms with E-state index in [0.29, 0.717) is 5.56 Å². The largest absolute Gasteiger partial charge is 0.351 e. The Morgan fingerprint density at radius 2 is 2.17 bits per heavy atom. The van der Waals surface area contributed by atoms with Crippen LogP contribution in [0.15, 0.2) is 18.2 Å². The summed E-state index contributed by atoms with van der Waals surface area (Å²) >= 11 is 0. The van der Waals surface area contributed by atoms with Crippen molar-refractivity contribution in [3.63, 3.8) is 0 Å². The third-order valence-corrected chi connectivity index (χ3v) is 2.83. The summed E-state index contributed by atoms with van der Waals surface area (Å²) in [5, 5.41) is 5.76. The highest BCUT2D eigenvalue weighted by Gasteiger charge is 2.21. The first-order chi connectivity index (χ1) is 8.16. The van der Waals surface area contributed by atoms with Crippen LogP contribution in [-0.4, -0.2) is 18.5 Å². The number of nitrogens with one attached hydrogen (secondary N) is 2. The van der Waals surface area contributed by atoms with Crippen LogP contribution in [0, 0.1) is 11.6 Å². The molecule has 0 aliphatic carbocycles. The lowest BCUT2D eigenvalue weighted by molar-refractivity contribution is -0.122. The van der Waals surface area contributed by atoms with Crippen molar-refractivity contribution in [1.82, 2.24) is 10.6 Å². The second-order valence-electron chi connectivity index (χ2n) is 4.12. The molecule has 1 aromatic rings. The number of carbonyl (C=O) groups is 1. The van der Waals surface area contributed by atoms with Gasteiger partial charge in [-0.2, -0.15) is 0 Å². The zero-order valence-electron chi connectivity index (χ0n) is 9.71. The summed E-state index contributed by atoms with van der Waals surface area (Å²) in [4.78, 5) is 11.6. The Morgan fingerprint density at radius 1 is 1.39 bits per heavy atom. The first-order valence-corrected chi connectivity index (χ1v) is 5.62. The van der Waals surface area contributed by atoms with Crippen LogP contribution >= 0.6 is 12.4 Å². The Hall–Kier alpha value is -1.20. The summed E-state index contributed by atoms with van der Waals surface area (Å²) in [5.74, 6) is -1.86. The summed E-state index contributed by atoms with van der Waals surface area (Å²) in [6.07, 6.45) is 1.81. The summed E-state index contributed by atoms with van der Waals surface area (Å²) in [6.45, 7) is 1.07. The van der Waals surface area contributed by atoms with E-state index in [1.54, 1.807) is 0 Å². The van der Waals surface area contributed by atoms with Crippen molar-refractivity contribution in [3.8, 4) is 0 Å². The maximum Gasteiger partial charge on any atom is 0.237 e. The Kier molecular flexibility index (Phi) is 5.50. The van der Waals surface area contributed by atoms with Crippen LogP contribution < -0.4 is 10.6 Å². The summed E-state index contributed by atoms with van der Waals surface area (Å²) in [6, 6.07) is 3.46. The van der Waals surface area contributed by atoms with Crippen LogP contribution in [0.5, 0.6) is 0 Å². The SMILES string of the molecule is Cl.O=C(NCc1ccc(F)c(F)c1)[C@@H]1CCCN1. The minimum Gasteiger partial charge on any atom is -0.351 e. The average molecular weight is 277 g/mol. The van der Waals surface area contributed by atoms with E-state index in [9.17, 15) is 13.6 Å². The summed E-state index contributed by atoms with van der Waals surface area (Å²) < 4.78 is 25.6. The van der Waals surface area contributed by atoms with Crippen LogP contribution in [0.2, 0.25) is 0 Å². The molecule has 2 rings (SSSR count). The predicted octanol–water partition coefficient (Wildman–Crippen LogP) is 1.75. The maximum atomic E-state index is 12.9. The van der Waals surface area contributed by atoms with Crippen LogP contribution in [0.4, 0.5) is 8.78 Å². The normalized spacial score (nSPS) is 18.2. The van der Waals surface area contributed by atoms with Crippen molar-refractivity contribution in [2.75, 3.05) is 6.54 Å². The molecule has 1 amide bonds. The van der Waals surface area contributed by atoms with Gasteiger partial charge in [-0.1, -0.05) is 6.07 Å². The summed E-state index contributed by atoms with van der Waals surface area (Å²) in [5.41, 5.74) is 0.551. The molecule has 3 nitrogen and oxygen atoms in total. The lowest BCUT2D eigenvalue weighted by Crippen LogP contribution is -2.40. The highest BCUT2D eigenvalue weighted by atomic mass is 35.5. The van der Waals surface area contributed by atoms with Gasteiger partial charge in [-0.15, -0.1) is 12.4 Å². The molecule has 1 saturated heterocycles. The van der Waals surface area contributed by atoms with Gasteiger partial charge in [-0.3, -0.25) is 4.79 Å². The van der Waals surface area contributed by atoms with E-state index in [0.717, 1.165) is 31.5 Å². The zero-order chi connectivity index (χ0) is 12.3. The molecule has 1 atom stereocenters.